The Kier molecular flexibility index (Phi) is 11.6. The quantitative estimate of drug-likeness (QED) is 0.256. The van der Waals surface area contributed by atoms with Crippen LogP contribution in [0.3, 0.4) is 0 Å². The van der Waals surface area contributed by atoms with Crippen molar-refractivity contribution in [1.29, 1.82) is 0 Å². The Morgan fingerprint density at radius 3 is 2.27 bits per heavy atom. The fourth-order valence-corrected chi connectivity index (χ4v) is 5.93. The number of benzene rings is 3. The van der Waals surface area contributed by atoms with Crippen molar-refractivity contribution in [2.45, 2.75) is 45.7 Å². The maximum Gasteiger partial charge on any atom is 0.243 e. The van der Waals surface area contributed by atoms with E-state index >= 15 is 0 Å². The first-order chi connectivity index (χ1) is 19.0. The van der Waals surface area contributed by atoms with Gasteiger partial charge in [-0.1, -0.05) is 76.1 Å². The van der Waals surface area contributed by atoms with Gasteiger partial charge in [0.15, 0.2) is 0 Å². The highest BCUT2D eigenvalue weighted by Crippen LogP contribution is 2.28. The van der Waals surface area contributed by atoms with Crippen molar-refractivity contribution in [3.63, 3.8) is 0 Å². The highest BCUT2D eigenvalue weighted by Gasteiger charge is 2.30. The maximum atomic E-state index is 13.8. The van der Waals surface area contributed by atoms with E-state index in [-0.39, 0.29) is 37.7 Å². The van der Waals surface area contributed by atoms with Crippen LogP contribution in [0.5, 0.6) is 0 Å². The number of hydrogen-bond donors (Lipinski definition) is 1. The summed E-state index contributed by atoms with van der Waals surface area (Å²) >= 11 is 9.70. The highest BCUT2D eigenvalue weighted by atomic mass is 79.9. The van der Waals surface area contributed by atoms with Crippen molar-refractivity contribution in [3.8, 4) is 0 Å². The molecule has 0 saturated heterocycles. The Morgan fingerprint density at radius 1 is 0.975 bits per heavy atom. The normalized spacial score (nSPS) is 12.0. The molecular formula is C30H35BrClN3O4S. The molecule has 3 rings (SSSR count). The van der Waals surface area contributed by atoms with Crippen molar-refractivity contribution in [3.05, 3.63) is 99.0 Å². The summed E-state index contributed by atoms with van der Waals surface area (Å²) in [5.74, 6) is -0.463. The average Bonchev–Trinajstić information content (AvgIpc) is 2.91. The number of likely N-dealkylation sites (N-methyl/N-ethyl adjacent to an activating group) is 1. The first-order valence-corrected chi connectivity index (χ1v) is 16.1. The Balaban J connectivity index is 1.87. The van der Waals surface area contributed by atoms with E-state index in [1.807, 2.05) is 61.5 Å². The van der Waals surface area contributed by atoms with E-state index in [1.54, 1.807) is 30.0 Å². The van der Waals surface area contributed by atoms with Crippen molar-refractivity contribution in [2.75, 3.05) is 23.7 Å². The van der Waals surface area contributed by atoms with E-state index in [1.165, 1.54) is 4.31 Å². The summed E-state index contributed by atoms with van der Waals surface area (Å²) in [5, 5.41) is 3.35. The molecule has 3 aromatic rings. The fraction of sp³-hybridized carbons (Fsp3) is 0.333. The molecule has 1 N–H and O–H groups in total. The van der Waals surface area contributed by atoms with E-state index < -0.39 is 16.1 Å². The lowest BCUT2D eigenvalue weighted by Gasteiger charge is -2.32. The number of anilines is 1. The number of hydrogen-bond acceptors (Lipinski definition) is 4. The van der Waals surface area contributed by atoms with Gasteiger partial charge in [-0.05, 0) is 61.2 Å². The van der Waals surface area contributed by atoms with Crippen LogP contribution in [0, 0.1) is 6.92 Å². The second-order valence-corrected chi connectivity index (χ2v) is 12.8. The van der Waals surface area contributed by atoms with Gasteiger partial charge < -0.3 is 10.2 Å². The monoisotopic (exact) mass is 647 g/mol. The number of sulfonamides is 1. The zero-order valence-corrected chi connectivity index (χ0v) is 26.1. The predicted molar refractivity (Wildman–Crippen MR) is 165 cm³/mol. The smallest absolute Gasteiger partial charge is 0.243 e. The third-order valence-corrected chi connectivity index (χ3v) is 8.67. The Bertz CT molecular complexity index is 1400. The van der Waals surface area contributed by atoms with Gasteiger partial charge in [-0.2, -0.15) is 0 Å². The van der Waals surface area contributed by atoms with Gasteiger partial charge in [0, 0.05) is 42.0 Å². The summed E-state index contributed by atoms with van der Waals surface area (Å²) in [7, 11) is -3.62. The summed E-state index contributed by atoms with van der Waals surface area (Å²) in [6.45, 7) is 4.39. The lowest BCUT2D eigenvalue weighted by molar-refractivity contribution is -0.141. The lowest BCUT2D eigenvalue weighted by Crippen LogP contribution is -2.50. The molecule has 0 unspecified atom stereocenters. The van der Waals surface area contributed by atoms with Gasteiger partial charge in [-0.15, -0.1) is 0 Å². The van der Waals surface area contributed by atoms with E-state index in [0.717, 1.165) is 21.9 Å². The van der Waals surface area contributed by atoms with Crippen LogP contribution in [0.1, 0.15) is 36.5 Å². The fourth-order valence-electron chi connectivity index (χ4n) is 4.48. The van der Waals surface area contributed by atoms with Crippen molar-refractivity contribution in [2.24, 2.45) is 0 Å². The third-order valence-electron chi connectivity index (χ3n) is 6.55. The third kappa shape index (κ3) is 8.81. The molecule has 0 radical (unpaired) electrons. The van der Waals surface area contributed by atoms with Gasteiger partial charge in [0.25, 0.3) is 0 Å². The number of nitrogens with one attached hydrogen (secondary N) is 1. The first-order valence-electron chi connectivity index (χ1n) is 13.1. The topological polar surface area (TPSA) is 86.8 Å². The molecule has 0 aliphatic carbocycles. The molecule has 0 fully saturated rings. The molecule has 3 aromatic carbocycles. The van der Waals surface area contributed by atoms with Gasteiger partial charge in [0.2, 0.25) is 21.8 Å². The Morgan fingerprint density at radius 2 is 1.65 bits per heavy atom. The largest absolute Gasteiger partial charge is 0.355 e. The van der Waals surface area contributed by atoms with E-state index in [0.29, 0.717) is 29.2 Å². The summed E-state index contributed by atoms with van der Waals surface area (Å²) in [5.41, 5.74) is 2.95. The first kappa shape index (κ1) is 31.6. The summed E-state index contributed by atoms with van der Waals surface area (Å²) in [6.07, 6.45) is 1.82. The minimum absolute atomic E-state index is 0.0624. The second-order valence-electron chi connectivity index (χ2n) is 9.57. The molecule has 214 valence electrons. The van der Waals surface area contributed by atoms with Gasteiger partial charge in [0.1, 0.15) is 6.04 Å². The highest BCUT2D eigenvalue weighted by molar-refractivity contribution is 9.10. The molecule has 0 spiro atoms. The number of carbonyl (C=O) groups excluding carboxylic acids is 2. The summed E-state index contributed by atoms with van der Waals surface area (Å²) in [6, 6.07) is 21.6. The van der Waals surface area contributed by atoms with Crippen LogP contribution in [-0.4, -0.2) is 50.5 Å². The zero-order chi connectivity index (χ0) is 29.3. The Hall–Kier alpha value is -2.88. The average molecular weight is 649 g/mol. The van der Waals surface area contributed by atoms with Crippen molar-refractivity contribution in [1.82, 2.24) is 10.2 Å². The second kappa shape index (κ2) is 14.7. The number of amides is 2. The zero-order valence-electron chi connectivity index (χ0n) is 22.9. The lowest BCUT2D eigenvalue weighted by atomic mass is 10.0. The van der Waals surface area contributed by atoms with Crippen LogP contribution in [0.4, 0.5) is 5.69 Å². The molecule has 0 heterocycles. The van der Waals surface area contributed by atoms with Gasteiger partial charge in [0.05, 0.1) is 11.9 Å². The van der Waals surface area contributed by atoms with Crippen LogP contribution in [0.25, 0.3) is 0 Å². The van der Waals surface area contributed by atoms with Crippen LogP contribution in [0.15, 0.2) is 77.3 Å². The van der Waals surface area contributed by atoms with Crippen LogP contribution in [-0.2, 0) is 32.6 Å². The number of carbonyl (C=O) groups is 2. The van der Waals surface area contributed by atoms with Gasteiger partial charge in [-0.25, -0.2) is 8.42 Å². The van der Waals surface area contributed by atoms with E-state index in [2.05, 4.69) is 21.2 Å². The SMILES string of the molecule is CCNC(=O)[C@H](Cc1ccccc1)N(Cc1ccc(Br)cc1)C(=O)CCCN(c1cccc(Cl)c1C)S(C)(=O)=O. The molecule has 0 bridgehead atoms. The van der Waals surface area contributed by atoms with Crippen molar-refractivity contribution >= 4 is 55.1 Å². The molecule has 1 atom stereocenters. The van der Waals surface area contributed by atoms with Gasteiger partial charge in [-0.3, -0.25) is 13.9 Å². The summed E-state index contributed by atoms with van der Waals surface area (Å²) < 4.78 is 27.6. The molecule has 0 aromatic heterocycles. The Labute approximate surface area is 250 Å². The molecule has 10 heteroatoms. The summed E-state index contributed by atoms with van der Waals surface area (Å²) in [4.78, 5) is 28.7. The molecule has 40 heavy (non-hydrogen) atoms. The predicted octanol–water partition coefficient (Wildman–Crippen LogP) is 5.73. The van der Waals surface area contributed by atoms with E-state index in [9.17, 15) is 18.0 Å². The molecule has 0 saturated carbocycles. The van der Waals surface area contributed by atoms with Crippen LogP contribution < -0.4 is 9.62 Å². The minimum atomic E-state index is -3.62. The van der Waals surface area contributed by atoms with Crippen LogP contribution >= 0.6 is 27.5 Å². The minimum Gasteiger partial charge on any atom is -0.355 e. The van der Waals surface area contributed by atoms with Gasteiger partial charge >= 0.3 is 0 Å². The van der Waals surface area contributed by atoms with E-state index in [4.69, 9.17) is 11.6 Å². The number of halogens is 2. The number of rotatable bonds is 13. The van der Waals surface area contributed by atoms with Crippen molar-refractivity contribution < 1.29 is 18.0 Å². The standard InChI is InChI=1S/C30H35BrClN3O4S/c1-4-33-30(37)28(20-23-10-6-5-7-11-23)34(21-24-15-17-25(31)18-16-24)29(36)14-9-19-35(40(3,38)39)27-13-8-12-26(32)22(27)2/h5-8,10-13,15-18,28H,4,9,14,19-21H2,1-3H3,(H,33,37)/t28-/m0/s1. The van der Waals surface area contributed by atoms with Crippen LogP contribution in [0.2, 0.25) is 5.02 Å². The maximum absolute atomic E-state index is 13.8. The number of nitrogens with zero attached hydrogens (tertiary/aromatic N) is 2. The molecule has 7 nitrogen and oxygen atoms in total. The molecule has 0 aliphatic rings. The molecular weight excluding hydrogens is 614 g/mol. The molecule has 2 amide bonds. The molecule has 0 aliphatic heterocycles.